The van der Waals surface area contributed by atoms with Crippen molar-refractivity contribution in [2.75, 3.05) is 13.1 Å². The lowest BCUT2D eigenvalue weighted by Crippen LogP contribution is -2.38. The van der Waals surface area contributed by atoms with Crippen LogP contribution in [0.2, 0.25) is 0 Å². The first-order chi connectivity index (χ1) is 11.1. The molecule has 0 radical (unpaired) electrons. The number of carbonyl (C=O) groups is 2. The van der Waals surface area contributed by atoms with Crippen LogP contribution in [0.5, 0.6) is 0 Å². The van der Waals surface area contributed by atoms with E-state index in [0.29, 0.717) is 25.6 Å². The number of nitrogens with one attached hydrogen (secondary N) is 1. The summed E-state index contributed by atoms with van der Waals surface area (Å²) < 4.78 is 0. The normalized spacial score (nSPS) is 22.3. The molecule has 1 aromatic rings. The maximum absolute atomic E-state index is 12.3. The average Bonchev–Trinajstić information content (AvgIpc) is 3.22. The van der Waals surface area contributed by atoms with E-state index in [9.17, 15) is 9.59 Å². The summed E-state index contributed by atoms with van der Waals surface area (Å²) in [5.41, 5.74) is 7.11. The summed E-state index contributed by atoms with van der Waals surface area (Å²) in [6.45, 7) is 0.965. The standard InChI is InChI=1S/C18H25N3O2.ClH/c19-16(13-6-2-1-3-7-13)11-20-18(23)14-10-17(22)21(12-14)15-8-4-5-9-15;/h1-3,6-7,14-16H,4-5,8-12,19H2,(H,20,23);1H. The second kappa shape index (κ2) is 8.49. The minimum absolute atomic E-state index is 0. The molecule has 1 aliphatic carbocycles. The van der Waals surface area contributed by atoms with Gasteiger partial charge in [-0.25, -0.2) is 0 Å². The Kier molecular flexibility index (Phi) is 6.63. The Labute approximate surface area is 149 Å². The summed E-state index contributed by atoms with van der Waals surface area (Å²) >= 11 is 0. The third-order valence-electron chi connectivity index (χ3n) is 5.02. The van der Waals surface area contributed by atoms with Crippen LogP contribution in [0.1, 0.15) is 43.7 Å². The van der Waals surface area contributed by atoms with Crippen LogP contribution in [0.15, 0.2) is 30.3 Å². The van der Waals surface area contributed by atoms with Crippen molar-refractivity contribution >= 4 is 24.2 Å². The molecule has 2 atom stereocenters. The number of carbonyl (C=O) groups excluding carboxylic acids is 2. The van der Waals surface area contributed by atoms with E-state index in [1.807, 2.05) is 35.2 Å². The summed E-state index contributed by atoms with van der Waals surface area (Å²) in [5, 5.41) is 2.91. The number of halogens is 1. The van der Waals surface area contributed by atoms with Gasteiger partial charge >= 0.3 is 0 Å². The fraction of sp³-hybridized carbons (Fsp3) is 0.556. The van der Waals surface area contributed by atoms with Gasteiger partial charge in [-0.2, -0.15) is 0 Å². The van der Waals surface area contributed by atoms with Gasteiger partial charge in [-0.05, 0) is 18.4 Å². The molecule has 5 nitrogen and oxygen atoms in total. The summed E-state index contributed by atoms with van der Waals surface area (Å²) in [4.78, 5) is 26.4. The quantitative estimate of drug-likeness (QED) is 0.852. The number of nitrogens with two attached hydrogens (primary N) is 1. The number of likely N-dealkylation sites (tertiary alicyclic amines) is 1. The van der Waals surface area contributed by atoms with Gasteiger partial charge in [0.1, 0.15) is 0 Å². The molecule has 24 heavy (non-hydrogen) atoms. The van der Waals surface area contributed by atoms with Crippen molar-refractivity contribution in [1.82, 2.24) is 10.2 Å². The highest BCUT2D eigenvalue weighted by molar-refractivity contribution is 5.89. The lowest BCUT2D eigenvalue weighted by molar-refractivity contribution is -0.130. The lowest BCUT2D eigenvalue weighted by atomic mass is 10.1. The predicted molar refractivity (Wildman–Crippen MR) is 95.7 cm³/mol. The summed E-state index contributed by atoms with van der Waals surface area (Å²) in [7, 11) is 0. The van der Waals surface area contributed by atoms with Gasteiger partial charge in [0.15, 0.2) is 0 Å². The molecule has 0 spiro atoms. The molecule has 1 aromatic carbocycles. The summed E-state index contributed by atoms with van der Waals surface area (Å²) in [6.07, 6.45) is 4.88. The lowest BCUT2D eigenvalue weighted by Gasteiger charge is -2.24. The Balaban J connectivity index is 0.00000208. The van der Waals surface area contributed by atoms with Crippen molar-refractivity contribution in [2.24, 2.45) is 11.7 Å². The molecule has 3 rings (SSSR count). The first kappa shape index (κ1) is 18.7. The zero-order valence-electron chi connectivity index (χ0n) is 13.8. The number of rotatable bonds is 5. The minimum Gasteiger partial charge on any atom is -0.354 e. The van der Waals surface area contributed by atoms with E-state index < -0.39 is 0 Å². The van der Waals surface area contributed by atoms with E-state index in [1.165, 1.54) is 12.8 Å². The van der Waals surface area contributed by atoms with Crippen molar-refractivity contribution in [3.63, 3.8) is 0 Å². The van der Waals surface area contributed by atoms with E-state index in [2.05, 4.69) is 5.32 Å². The first-order valence-electron chi connectivity index (χ1n) is 8.53. The van der Waals surface area contributed by atoms with E-state index in [0.717, 1.165) is 18.4 Å². The van der Waals surface area contributed by atoms with Crippen LogP contribution in [-0.4, -0.2) is 35.8 Å². The van der Waals surface area contributed by atoms with Crippen LogP contribution in [-0.2, 0) is 9.59 Å². The topological polar surface area (TPSA) is 75.4 Å². The molecule has 2 amide bonds. The van der Waals surface area contributed by atoms with Gasteiger partial charge in [0, 0.05) is 31.6 Å². The number of hydrogen-bond acceptors (Lipinski definition) is 3. The highest BCUT2D eigenvalue weighted by Gasteiger charge is 2.38. The monoisotopic (exact) mass is 351 g/mol. The fourth-order valence-corrected chi connectivity index (χ4v) is 3.65. The van der Waals surface area contributed by atoms with Crippen molar-refractivity contribution in [1.29, 1.82) is 0 Å². The molecule has 3 N–H and O–H groups in total. The second-order valence-electron chi connectivity index (χ2n) is 6.65. The Bertz CT molecular complexity index is 561. The zero-order chi connectivity index (χ0) is 16.2. The van der Waals surface area contributed by atoms with Crippen LogP contribution in [0.4, 0.5) is 0 Å². The summed E-state index contributed by atoms with van der Waals surface area (Å²) in [5.74, 6) is -0.152. The van der Waals surface area contributed by atoms with Crippen LogP contribution in [0.3, 0.4) is 0 Å². The van der Waals surface area contributed by atoms with E-state index in [1.54, 1.807) is 0 Å². The molecular formula is C18H26ClN3O2. The molecule has 1 heterocycles. The van der Waals surface area contributed by atoms with Crippen LogP contribution in [0.25, 0.3) is 0 Å². The van der Waals surface area contributed by atoms with Gasteiger partial charge in [-0.15, -0.1) is 12.4 Å². The molecule has 6 heteroatoms. The molecule has 132 valence electrons. The third-order valence-corrected chi connectivity index (χ3v) is 5.02. The van der Waals surface area contributed by atoms with Crippen molar-refractivity contribution in [3.05, 3.63) is 35.9 Å². The Morgan fingerprint density at radius 3 is 2.58 bits per heavy atom. The zero-order valence-corrected chi connectivity index (χ0v) is 14.6. The highest BCUT2D eigenvalue weighted by Crippen LogP contribution is 2.29. The van der Waals surface area contributed by atoms with Gasteiger partial charge in [0.05, 0.1) is 5.92 Å². The van der Waals surface area contributed by atoms with Gasteiger partial charge < -0.3 is 16.0 Å². The van der Waals surface area contributed by atoms with Gasteiger partial charge in [-0.1, -0.05) is 43.2 Å². The van der Waals surface area contributed by atoms with Crippen molar-refractivity contribution in [2.45, 2.75) is 44.2 Å². The smallest absolute Gasteiger partial charge is 0.225 e. The Hall–Kier alpha value is -1.59. The molecule has 1 saturated carbocycles. The van der Waals surface area contributed by atoms with Gasteiger partial charge in [0.2, 0.25) is 11.8 Å². The molecule has 0 bridgehead atoms. The fourth-order valence-electron chi connectivity index (χ4n) is 3.65. The van der Waals surface area contributed by atoms with E-state index >= 15 is 0 Å². The highest BCUT2D eigenvalue weighted by atomic mass is 35.5. The van der Waals surface area contributed by atoms with Gasteiger partial charge in [0.25, 0.3) is 0 Å². The predicted octanol–water partition coefficient (Wildman–Crippen LogP) is 2.02. The Morgan fingerprint density at radius 1 is 1.25 bits per heavy atom. The maximum atomic E-state index is 12.3. The number of benzene rings is 1. The van der Waals surface area contributed by atoms with Crippen LogP contribution < -0.4 is 11.1 Å². The van der Waals surface area contributed by atoms with Crippen LogP contribution >= 0.6 is 12.4 Å². The SMILES string of the molecule is Cl.NC(CNC(=O)C1CC(=O)N(C2CCCC2)C1)c1ccccc1. The first-order valence-corrected chi connectivity index (χ1v) is 8.53. The van der Waals surface area contributed by atoms with Crippen molar-refractivity contribution in [3.8, 4) is 0 Å². The molecule has 1 saturated heterocycles. The van der Waals surface area contributed by atoms with Crippen molar-refractivity contribution < 1.29 is 9.59 Å². The van der Waals surface area contributed by atoms with Crippen LogP contribution in [0, 0.1) is 5.92 Å². The molecule has 2 unspecified atom stereocenters. The van der Waals surface area contributed by atoms with E-state index in [4.69, 9.17) is 5.73 Å². The third kappa shape index (κ3) is 4.28. The molecule has 2 aliphatic rings. The molecule has 1 aliphatic heterocycles. The number of nitrogens with zero attached hydrogens (tertiary/aromatic N) is 1. The van der Waals surface area contributed by atoms with E-state index in [-0.39, 0.29) is 36.2 Å². The molecule has 2 fully saturated rings. The maximum Gasteiger partial charge on any atom is 0.225 e. The van der Waals surface area contributed by atoms with Gasteiger partial charge in [-0.3, -0.25) is 9.59 Å². The molecular weight excluding hydrogens is 326 g/mol. The summed E-state index contributed by atoms with van der Waals surface area (Å²) in [6, 6.07) is 9.86. The number of hydrogen-bond donors (Lipinski definition) is 2. The largest absolute Gasteiger partial charge is 0.354 e. The minimum atomic E-state index is -0.230. The number of amides is 2. The Morgan fingerprint density at radius 2 is 1.92 bits per heavy atom. The average molecular weight is 352 g/mol. The second-order valence-corrected chi connectivity index (χ2v) is 6.65. The molecule has 0 aromatic heterocycles.